The van der Waals surface area contributed by atoms with Crippen molar-refractivity contribution in [3.05, 3.63) is 29.3 Å². The Bertz CT molecular complexity index is 814. The van der Waals surface area contributed by atoms with E-state index in [4.69, 9.17) is 29.6 Å². The van der Waals surface area contributed by atoms with Gasteiger partial charge in [-0.05, 0) is 49.8 Å². The largest absolute Gasteiger partial charge is 0.382 e. The second kappa shape index (κ2) is 14.6. The van der Waals surface area contributed by atoms with Gasteiger partial charge in [0.25, 0.3) is 10.1 Å². The molecule has 0 aliphatic rings. The van der Waals surface area contributed by atoms with Gasteiger partial charge < -0.3 is 19.1 Å². The zero-order valence-electron chi connectivity index (χ0n) is 20.2. The van der Waals surface area contributed by atoms with Crippen molar-refractivity contribution >= 4 is 36.4 Å². The lowest BCUT2D eigenvalue weighted by Gasteiger charge is -2.35. The molecule has 0 saturated carbocycles. The summed E-state index contributed by atoms with van der Waals surface area (Å²) in [5.74, 6) is 0. The van der Waals surface area contributed by atoms with Crippen LogP contribution in [0.3, 0.4) is 0 Å². The van der Waals surface area contributed by atoms with Crippen LogP contribution in [0, 0.1) is 0 Å². The Labute approximate surface area is 201 Å². The predicted molar refractivity (Wildman–Crippen MR) is 136 cm³/mol. The zero-order chi connectivity index (χ0) is 24.2. The molecule has 0 aliphatic heterocycles. The van der Waals surface area contributed by atoms with E-state index < -0.39 is 10.1 Å². The maximum Gasteiger partial charge on any atom is 0.264 e. The highest BCUT2D eigenvalue weighted by Gasteiger charge is 2.24. The zero-order valence-corrected chi connectivity index (χ0v) is 22.7. The molecule has 0 heterocycles. The van der Waals surface area contributed by atoms with Crippen LogP contribution >= 0.6 is 0 Å². The van der Waals surface area contributed by atoms with E-state index >= 15 is 0 Å². The van der Waals surface area contributed by atoms with E-state index in [2.05, 4.69) is 38.0 Å². The van der Waals surface area contributed by atoms with Gasteiger partial charge in [0, 0.05) is 30.6 Å². The van der Waals surface area contributed by atoms with E-state index in [-0.39, 0.29) is 20.8 Å². The first-order chi connectivity index (χ1) is 15.0. The van der Waals surface area contributed by atoms with Gasteiger partial charge in [0.05, 0.1) is 45.9 Å². The van der Waals surface area contributed by atoms with Gasteiger partial charge in [0.15, 0.2) is 0 Å². The Morgan fingerprint density at radius 1 is 1.03 bits per heavy atom. The second-order valence-electron chi connectivity index (χ2n) is 8.18. The third kappa shape index (κ3) is 12.0. The average Bonchev–Trinajstić information content (AvgIpc) is 2.72. The van der Waals surface area contributed by atoms with Crippen LogP contribution in [0.25, 0.3) is 0 Å². The maximum absolute atomic E-state index is 11.4. The number of benzene rings is 1. The minimum Gasteiger partial charge on any atom is -0.382 e. The number of hydrogen-bond donors (Lipinski definition) is 0. The van der Waals surface area contributed by atoms with Crippen LogP contribution < -0.4 is 4.90 Å². The fourth-order valence-corrected chi connectivity index (χ4v) is 3.72. The SMILES string of the molecule is CCc1cc(COS(C)(=O)=O)cc(N(CCOCCOCCOC)CC(C)(C)S(C)=S)c1. The molecule has 0 fully saturated rings. The summed E-state index contributed by atoms with van der Waals surface area (Å²) in [5, 5.41) is 0. The molecule has 186 valence electrons. The number of nitrogens with zero attached hydrogens (tertiary/aromatic N) is 1. The van der Waals surface area contributed by atoms with Crippen LogP contribution in [0.5, 0.6) is 0 Å². The van der Waals surface area contributed by atoms with Crippen LogP contribution in [0.15, 0.2) is 18.2 Å². The first kappa shape index (κ1) is 29.4. The maximum atomic E-state index is 11.4. The Morgan fingerprint density at radius 2 is 1.62 bits per heavy atom. The summed E-state index contributed by atoms with van der Waals surface area (Å²) in [7, 11) is -2.06. The molecule has 1 aromatic rings. The predicted octanol–water partition coefficient (Wildman–Crippen LogP) is 2.70. The number of hydrogen-bond acceptors (Lipinski definition) is 8. The third-order valence-corrected chi connectivity index (χ3v) is 8.49. The highest BCUT2D eigenvalue weighted by molar-refractivity contribution is 8.29. The lowest BCUT2D eigenvalue weighted by atomic mass is 10.1. The summed E-state index contributed by atoms with van der Waals surface area (Å²) in [6, 6.07) is 6.12. The number of methoxy groups -OCH3 is 1. The monoisotopic (exact) mass is 509 g/mol. The van der Waals surface area contributed by atoms with Gasteiger partial charge in [0.2, 0.25) is 0 Å². The van der Waals surface area contributed by atoms with E-state index in [1.807, 2.05) is 12.1 Å². The van der Waals surface area contributed by atoms with E-state index in [1.165, 1.54) is 0 Å². The van der Waals surface area contributed by atoms with Crippen molar-refractivity contribution in [1.29, 1.82) is 0 Å². The number of anilines is 1. The van der Waals surface area contributed by atoms with Crippen LogP contribution in [0.2, 0.25) is 0 Å². The molecule has 0 aromatic heterocycles. The second-order valence-corrected chi connectivity index (χ2v) is 13.3. The van der Waals surface area contributed by atoms with Crippen molar-refractivity contribution in [3.8, 4) is 0 Å². The minimum absolute atomic E-state index is 0.0193. The molecule has 1 aromatic carbocycles. The molecule has 0 spiro atoms. The minimum atomic E-state index is -3.51. The first-order valence-electron chi connectivity index (χ1n) is 10.7. The van der Waals surface area contributed by atoms with Crippen molar-refractivity contribution in [2.75, 3.05) is 70.6 Å². The van der Waals surface area contributed by atoms with E-state index in [1.54, 1.807) is 7.11 Å². The summed E-state index contributed by atoms with van der Waals surface area (Å²) in [6.45, 7) is 10.6. The fraction of sp³-hybridized carbons (Fsp3) is 0.727. The van der Waals surface area contributed by atoms with Crippen LogP contribution in [-0.4, -0.2) is 78.9 Å². The molecule has 1 atom stereocenters. The molecule has 0 radical (unpaired) electrons. The molecule has 0 N–H and O–H groups in total. The lowest BCUT2D eigenvalue weighted by Crippen LogP contribution is -2.43. The summed E-state index contributed by atoms with van der Waals surface area (Å²) < 4.78 is 44.0. The molecular weight excluding hydrogens is 470 g/mol. The Morgan fingerprint density at radius 3 is 2.19 bits per heavy atom. The normalized spacial score (nSPS) is 13.3. The quantitative estimate of drug-likeness (QED) is 0.234. The Kier molecular flexibility index (Phi) is 13.4. The van der Waals surface area contributed by atoms with Crippen molar-refractivity contribution in [2.24, 2.45) is 0 Å². The Hall–Kier alpha value is -0.620. The van der Waals surface area contributed by atoms with Crippen molar-refractivity contribution in [3.63, 3.8) is 0 Å². The summed E-state index contributed by atoms with van der Waals surface area (Å²) >= 11 is 5.60. The van der Waals surface area contributed by atoms with E-state index in [0.717, 1.165) is 36.0 Å². The molecule has 0 bridgehead atoms. The van der Waals surface area contributed by atoms with Gasteiger partial charge in [-0.3, -0.25) is 4.18 Å². The molecule has 0 amide bonds. The standard InChI is InChI=1S/C22H39NO6S3/c1-7-19-14-20(17-29-32(6,24)25)16-21(15-19)23(18-22(2,3)31(5)30)8-9-27-12-13-28-11-10-26-4/h14-16H,7-13,17-18H2,1-6H3. The Balaban J connectivity index is 2.93. The van der Waals surface area contributed by atoms with Crippen LogP contribution in [-0.2, 0) is 62.2 Å². The van der Waals surface area contributed by atoms with E-state index in [9.17, 15) is 8.42 Å². The molecule has 32 heavy (non-hydrogen) atoms. The molecular formula is C22H39NO6S3. The summed E-state index contributed by atoms with van der Waals surface area (Å²) in [5.41, 5.74) is 2.97. The lowest BCUT2D eigenvalue weighted by molar-refractivity contribution is 0.0264. The van der Waals surface area contributed by atoms with Gasteiger partial charge in [-0.15, -0.1) is 9.45 Å². The molecule has 1 rings (SSSR count). The van der Waals surface area contributed by atoms with Gasteiger partial charge in [-0.2, -0.15) is 8.42 Å². The molecule has 10 heteroatoms. The highest BCUT2D eigenvalue weighted by atomic mass is 32.8. The third-order valence-electron chi connectivity index (χ3n) is 4.91. The van der Waals surface area contributed by atoms with Crippen molar-refractivity contribution in [1.82, 2.24) is 0 Å². The van der Waals surface area contributed by atoms with Crippen LogP contribution in [0.4, 0.5) is 5.69 Å². The average molecular weight is 510 g/mol. The van der Waals surface area contributed by atoms with Gasteiger partial charge >= 0.3 is 0 Å². The van der Waals surface area contributed by atoms with Crippen molar-refractivity contribution in [2.45, 2.75) is 38.5 Å². The van der Waals surface area contributed by atoms with Gasteiger partial charge in [0.1, 0.15) is 0 Å². The fourth-order valence-electron chi connectivity index (χ4n) is 2.88. The van der Waals surface area contributed by atoms with Crippen LogP contribution in [0.1, 0.15) is 31.9 Å². The first-order valence-corrected chi connectivity index (χ1v) is 15.1. The molecule has 0 saturated heterocycles. The molecule has 7 nitrogen and oxygen atoms in total. The van der Waals surface area contributed by atoms with Crippen molar-refractivity contribution < 1.29 is 26.8 Å². The van der Waals surface area contributed by atoms with Gasteiger partial charge in [-0.25, -0.2) is 0 Å². The molecule has 1 unspecified atom stereocenters. The van der Waals surface area contributed by atoms with E-state index in [0.29, 0.717) is 39.6 Å². The number of rotatable bonds is 17. The molecule has 0 aliphatic carbocycles. The van der Waals surface area contributed by atoms with Gasteiger partial charge in [-0.1, -0.05) is 24.2 Å². The smallest absolute Gasteiger partial charge is 0.264 e. The topological polar surface area (TPSA) is 74.3 Å². The summed E-state index contributed by atoms with van der Waals surface area (Å²) in [4.78, 5) is 2.27. The summed E-state index contributed by atoms with van der Waals surface area (Å²) in [6.07, 6.45) is 3.98. The number of aryl methyl sites for hydroxylation is 1. The highest BCUT2D eigenvalue weighted by Crippen LogP contribution is 2.24. The number of ether oxygens (including phenoxy) is 3.